The Bertz CT molecular complexity index is 481. The van der Waals surface area contributed by atoms with E-state index in [-0.39, 0.29) is 18.0 Å². The lowest BCUT2D eigenvalue weighted by atomic mass is 10.2. The first-order valence-electron chi connectivity index (χ1n) is 5.93. The summed E-state index contributed by atoms with van der Waals surface area (Å²) < 4.78 is 0.829. The van der Waals surface area contributed by atoms with Crippen LogP contribution in [0.3, 0.4) is 0 Å². The maximum Gasteiger partial charge on any atom is 0.331 e. The fraction of sp³-hybridized carbons (Fsp3) is 0.385. The zero-order valence-corrected chi connectivity index (χ0v) is 13.2. The van der Waals surface area contributed by atoms with Crippen molar-refractivity contribution in [3.8, 4) is 0 Å². The highest BCUT2D eigenvalue weighted by Crippen LogP contribution is 2.29. The average molecular weight is 327 g/mol. The van der Waals surface area contributed by atoms with Gasteiger partial charge in [0, 0.05) is 17.6 Å². The molecule has 0 aliphatic rings. The third-order valence-electron chi connectivity index (χ3n) is 2.79. The second-order valence-electron chi connectivity index (χ2n) is 4.60. The van der Waals surface area contributed by atoms with E-state index in [0.29, 0.717) is 0 Å². The molecule has 5 nitrogen and oxygen atoms in total. The molecule has 0 radical (unpaired) electrons. The molecule has 1 aromatic rings. The number of carbonyl (C=O) groups excluding carboxylic acids is 1. The molecule has 0 aliphatic heterocycles. The lowest BCUT2D eigenvalue weighted by Crippen LogP contribution is -2.51. The summed E-state index contributed by atoms with van der Waals surface area (Å²) in [4.78, 5) is 15.2. The predicted molar refractivity (Wildman–Crippen MR) is 81.6 cm³/mol. The zero-order valence-electron chi connectivity index (χ0n) is 11.6. The van der Waals surface area contributed by atoms with Gasteiger partial charge in [-0.1, -0.05) is 12.1 Å². The van der Waals surface area contributed by atoms with Crippen molar-refractivity contribution in [1.82, 2.24) is 4.90 Å². The molecule has 104 valence electrons. The summed E-state index contributed by atoms with van der Waals surface area (Å²) in [5.74, 6) is -0.253. The Kier molecular flexibility index (Phi) is 4.94. The smallest absolute Gasteiger partial charge is 0.331 e. The summed E-state index contributed by atoms with van der Waals surface area (Å²) in [7, 11) is 1.67. The van der Waals surface area contributed by atoms with Crippen molar-refractivity contribution < 1.29 is 4.79 Å². The van der Waals surface area contributed by atoms with Gasteiger partial charge in [-0.3, -0.25) is 15.2 Å². The average Bonchev–Trinajstić information content (AvgIpc) is 2.27. The SMILES string of the molecule is Cc1cccc(Br)c1N(C)C(=O)N(C(=N)N)C(C)C. The van der Waals surface area contributed by atoms with Crippen molar-refractivity contribution in [1.29, 1.82) is 5.41 Å². The maximum atomic E-state index is 12.4. The van der Waals surface area contributed by atoms with E-state index >= 15 is 0 Å². The van der Waals surface area contributed by atoms with Gasteiger partial charge in [-0.15, -0.1) is 0 Å². The normalized spacial score (nSPS) is 10.4. The molecule has 3 N–H and O–H groups in total. The molecule has 0 heterocycles. The molecule has 2 amide bonds. The highest BCUT2D eigenvalue weighted by Gasteiger charge is 2.25. The third-order valence-corrected chi connectivity index (χ3v) is 3.43. The van der Waals surface area contributed by atoms with E-state index in [9.17, 15) is 4.79 Å². The molecule has 0 saturated heterocycles. The van der Waals surface area contributed by atoms with Gasteiger partial charge in [-0.05, 0) is 48.3 Å². The summed E-state index contributed by atoms with van der Waals surface area (Å²) in [6.45, 7) is 5.57. The number of carbonyl (C=O) groups is 1. The third kappa shape index (κ3) is 3.26. The lowest BCUT2D eigenvalue weighted by Gasteiger charge is -2.30. The summed E-state index contributed by atoms with van der Waals surface area (Å²) in [5.41, 5.74) is 7.23. The summed E-state index contributed by atoms with van der Waals surface area (Å²) >= 11 is 3.44. The molecule has 1 aromatic carbocycles. The van der Waals surface area contributed by atoms with Crippen LogP contribution in [0.5, 0.6) is 0 Å². The van der Waals surface area contributed by atoms with Crippen LogP contribution in [0.1, 0.15) is 19.4 Å². The minimum absolute atomic E-state index is 0.171. The first-order valence-corrected chi connectivity index (χ1v) is 6.72. The number of nitrogens with one attached hydrogen (secondary N) is 1. The Morgan fingerprint density at radius 1 is 1.42 bits per heavy atom. The van der Waals surface area contributed by atoms with Crippen molar-refractivity contribution in [3.05, 3.63) is 28.2 Å². The first kappa shape index (κ1) is 15.5. The molecule has 0 saturated carbocycles. The van der Waals surface area contributed by atoms with Crippen LogP contribution >= 0.6 is 15.9 Å². The van der Waals surface area contributed by atoms with Gasteiger partial charge in [-0.25, -0.2) is 4.79 Å². The molecule has 0 unspecified atom stereocenters. The van der Waals surface area contributed by atoms with Crippen LogP contribution in [0, 0.1) is 12.3 Å². The van der Waals surface area contributed by atoms with Gasteiger partial charge < -0.3 is 5.73 Å². The lowest BCUT2D eigenvalue weighted by molar-refractivity contribution is 0.220. The topological polar surface area (TPSA) is 73.4 Å². The van der Waals surface area contributed by atoms with Gasteiger partial charge in [0.2, 0.25) is 0 Å². The number of guanidine groups is 1. The van der Waals surface area contributed by atoms with Gasteiger partial charge in [0.05, 0.1) is 5.69 Å². The van der Waals surface area contributed by atoms with Gasteiger partial charge in [0.1, 0.15) is 0 Å². The van der Waals surface area contributed by atoms with E-state index in [1.54, 1.807) is 7.05 Å². The number of hydrogen-bond donors (Lipinski definition) is 2. The summed E-state index contributed by atoms with van der Waals surface area (Å²) in [6.07, 6.45) is 0. The van der Waals surface area contributed by atoms with Crippen molar-refractivity contribution >= 4 is 33.6 Å². The molecule has 0 atom stereocenters. The summed E-state index contributed by atoms with van der Waals surface area (Å²) in [5, 5.41) is 7.52. The fourth-order valence-corrected chi connectivity index (χ4v) is 2.64. The second kappa shape index (κ2) is 6.06. The zero-order chi connectivity index (χ0) is 14.7. The van der Waals surface area contributed by atoms with Gasteiger partial charge in [0.15, 0.2) is 5.96 Å². The van der Waals surface area contributed by atoms with Gasteiger partial charge >= 0.3 is 6.03 Å². The number of nitrogens with zero attached hydrogens (tertiary/aromatic N) is 2. The second-order valence-corrected chi connectivity index (χ2v) is 5.45. The van der Waals surface area contributed by atoms with Crippen LogP contribution < -0.4 is 10.6 Å². The number of halogens is 1. The van der Waals surface area contributed by atoms with Crippen molar-refractivity contribution in [2.24, 2.45) is 5.73 Å². The van der Waals surface area contributed by atoms with Crippen molar-refractivity contribution in [3.63, 3.8) is 0 Å². The van der Waals surface area contributed by atoms with Gasteiger partial charge in [-0.2, -0.15) is 0 Å². The highest BCUT2D eigenvalue weighted by molar-refractivity contribution is 9.10. The first-order chi connectivity index (χ1) is 8.77. The molecule has 0 fully saturated rings. The minimum atomic E-state index is -0.322. The number of urea groups is 1. The van der Waals surface area contributed by atoms with E-state index in [1.165, 1.54) is 9.80 Å². The standard InChI is InChI=1S/C13H19BrN4O/c1-8(2)18(12(15)16)13(19)17(4)11-9(3)6-5-7-10(11)14/h5-8H,1-4H3,(H3,15,16). The molecular formula is C13H19BrN4O. The number of amides is 2. The van der Waals surface area contributed by atoms with Crippen LogP contribution in [0.15, 0.2) is 22.7 Å². The number of benzene rings is 1. The van der Waals surface area contributed by atoms with Crippen LogP contribution in [0.4, 0.5) is 10.5 Å². The number of aryl methyl sites for hydroxylation is 1. The van der Waals surface area contributed by atoms with E-state index in [2.05, 4.69) is 15.9 Å². The molecule has 0 aliphatic carbocycles. The molecule has 0 aromatic heterocycles. The molecule has 19 heavy (non-hydrogen) atoms. The van der Waals surface area contributed by atoms with Crippen LogP contribution in [-0.2, 0) is 0 Å². The van der Waals surface area contributed by atoms with E-state index in [4.69, 9.17) is 11.1 Å². The predicted octanol–water partition coefficient (Wildman–Crippen LogP) is 2.92. The molecule has 0 spiro atoms. The Morgan fingerprint density at radius 2 is 2.00 bits per heavy atom. The van der Waals surface area contributed by atoms with Crippen molar-refractivity contribution in [2.75, 3.05) is 11.9 Å². The quantitative estimate of drug-likeness (QED) is 0.647. The number of rotatable bonds is 2. The van der Waals surface area contributed by atoms with E-state index in [1.807, 2.05) is 39.0 Å². The largest absolute Gasteiger partial charge is 0.370 e. The number of nitrogens with two attached hydrogens (primary N) is 1. The summed E-state index contributed by atoms with van der Waals surface area (Å²) in [6, 6.07) is 5.22. The number of para-hydroxylation sites is 1. The number of hydrogen-bond acceptors (Lipinski definition) is 2. The minimum Gasteiger partial charge on any atom is -0.370 e. The Balaban J connectivity index is 3.15. The molecule has 6 heteroatoms. The highest BCUT2D eigenvalue weighted by atomic mass is 79.9. The van der Waals surface area contributed by atoms with Gasteiger partial charge in [0.25, 0.3) is 0 Å². The maximum absolute atomic E-state index is 12.4. The number of anilines is 1. The van der Waals surface area contributed by atoms with Crippen LogP contribution in [0.25, 0.3) is 0 Å². The van der Waals surface area contributed by atoms with E-state index < -0.39 is 0 Å². The fourth-order valence-electron chi connectivity index (χ4n) is 1.91. The molecular weight excluding hydrogens is 308 g/mol. The van der Waals surface area contributed by atoms with E-state index in [0.717, 1.165) is 15.7 Å². The Labute approximate surface area is 122 Å². The molecule has 1 rings (SSSR count). The van der Waals surface area contributed by atoms with Crippen LogP contribution in [-0.4, -0.2) is 30.0 Å². The van der Waals surface area contributed by atoms with Crippen LogP contribution in [0.2, 0.25) is 0 Å². The van der Waals surface area contributed by atoms with Crippen molar-refractivity contribution in [2.45, 2.75) is 26.8 Å². The molecule has 0 bridgehead atoms. The Morgan fingerprint density at radius 3 is 2.42 bits per heavy atom. The Hall–Kier alpha value is -1.56. The monoisotopic (exact) mass is 326 g/mol.